The van der Waals surface area contributed by atoms with Gasteiger partial charge in [-0.3, -0.25) is 0 Å². The van der Waals surface area contributed by atoms with Gasteiger partial charge in [0.25, 0.3) is 0 Å². The lowest BCUT2D eigenvalue weighted by atomic mass is 10.2. The minimum absolute atomic E-state index is 0.375. The molecular formula is C16H22N2OS. The Morgan fingerprint density at radius 2 is 2.30 bits per heavy atom. The van der Waals surface area contributed by atoms with Crippen molar-refractivity contribution in [3.63, 3.8) is 0 Å². The summed E-state index contributed by atoms with van der Waals surface area (Å²) in [5.41, 5.74) is 0.650. The summed E-state index contributed by atoms with van der Waals surface area (Å²) < 4.78 is 6.08. The van der Waals surface area contributed by atoms with E-state index in [1.165, 1.54) is 12.3 Å². The van der Waals surface area contributed by atoms with Gasteiger partial charge in [-0.05, 0) is 38.5 Å². The lowest BCUT2D eigenvalue weighted by Gasteiger charge is -2.37. The molecule has 0 radical (unpaired) electrons. The molecule has 20 heavy (non-hydrogen) atoms. The smallest absolute Gasteiger partial charge is 0.120 e. The Labute approximate surface area is 125 Å². The molecule has 1 aliphatic heterocycles. The number of benzene rings is 1. The van der Waals surface area contributed by atoms with Crippen LogP contribution >= 0.6 is 11.8 Å². The first-order chi connectivity index (χ1) is 9.59. The highest BCUT2D eigenvalue weighted by atomic mass is 32.2. The normalized spacial score (nSPS) is 18.4. The molecule has 2 rings (SSSR count). The molecule has 0 N–H and O–H groups in total. The number of ether oxygens (including phenoxy) is 1. The first kappa shape index (κ1) is 15.2. The van der Waals surface area contributed by atoms with Crippen LogP contribution in [0.3, 0.4) is 0 Å². The van der Waals surface area contributed by atoms with Crippen molar-refractivity contribution >= 4 is 11.8 Å². The molecule has 1 fully saturated rings. The molecule has 0 aliphatic carbocycles. The van der Waals surface area contributed by atoms with Gasteiger partial charge < -0.3 is 9.64 Å². The highest BCUT2D eigenvalue weighted by Gasteiger charge is 2.26. The number of thioether (sulfide) groups is 1. The molecule has 1 aliphatic rings. The van der Waals surface area contributed by atoms with Gasteiger partial charge in [0.05, 0.1) is 18.2 Å². The second-order valence-corrected chi connectivity index (χ2v) is 7.53. The van der Waals surface area contributed by atoms with Crippen molar-refractivity contribution in [3.8, 4) is 11.8 Å². The zero-order chi connectivity index (χ0) is 14.4. The van der Waals surface area contributed by atoms with Crippen LogP contribution < -0.4 is 4.74 Å². The first-order valence-electron chi connectivity index (χ1n) is 7.08. The fourth-order valence-electron chi connectivity index (χ4n) is 2.44. The molecule has 0 aromatic heterocycles. The van der Waals surface area contributed by atoms with E-state index in [1.807, 2.05) is 12.1 Å². The Bertz CT molecular complexity index is 482. The molecule has 1 aromatic carbocycles. The zero-order valence-electron chi connectivity index (χ0n) is 12.3. The van der Waals surface area contributed by atoms with Gasteiger partial charge in [0, 0.05) is 30.1 Å². The third-order valence-electron chi connectivity index (χ3n) is 3.36. The molecule has 0 bridgehead atoms. The molecule has 108 valence electrons. The number of nitriles is 1. The van der Waals surface area contributed by atoms with Gasteiger partial charge in [0.2, 0.25) is 0 Å². The highest BCUT2D eigenvalue weighted by molar-refractivity contribution is 8.00. The van der Waals surface area contributed by atoms with Crippen molar-refractivity contribution in [1.29, 1.82) is 5.26 Å². The minimum Gasteiger partial charge on any atom is -0.494 e. The van der Waals surface area contributed by atoms with Crippen LogP contribution in [-0.2, 0) is 0 Å². The Morgan fingerprint density at radius 1 is 1.45 bits per heavy atom. The van der Waals surface area contributed by atoms with E-state index >= 15 is 0 Å². The number of nitrogens with zero attached hydrogens (tertiary/aromatic N) is 2. The summed E-state index contributed by atoms with van der Waals surface area (Å²) in [4.78, 5) is 2.52. The largest absolute Gasteiger partial charge is 0.494 e. The molecule has 0 spiro atoms. The van der Waals surface area contributed by atoms with E-state index in [0.29, 0.717) is 16.9 Å². The number of hydrogen-bond acceptors (Lipinski definition) is 4. The molecule has 1 heterocycles. The van der Waals surface area contributed by atoms with Gasteiger partial charge in [-0.25, -0.2) is 0 Å². The summed E-state index contributed by atoms with van der Waals surface area (Å²) in [5, 5.41) is 8.84. The fraction of sp³-hybridized carbons (Fsp3) is 0.562. The summed E-state index contributed by atoms with van der Waals surface area (Å²) in [6.45, 7) is 8.75. The summed E-state index contributed by atoms with van der Waals surface area (Å²) in [6, 6.07) is 9.48. The maximum absolute atomic E-state index is 8.84. The van der Waals surface area contributed by atoms with Crippen LogP contribution in [0.4, 0.5) is 0 Å². The monoisotopic (exact) mass is 290 g/mol. The zero-order valence-corrected chi connectivity index (χ0v) is 13.1. The standard InChI is InChI=1S/C16H22N2OS/c1-16(2)13-18(8-10-20-16)7-4-9-19-15-6-3-5-14(11-15)12-17/h3,5-6,11H,4,7-10,13H2,1-2H3. The van der Waals surface area contributed by atoms with Crippen LogP contribution in [0, 0.1) is 11.3 Å². The van der Waals surface area contributed by atoms with E-state index in [2.05, 4.69) is 36.6 Å². The van der Waals surface area contributed by atoms with E-state index in [4.69, 9.17) is 10.00 Å². The molecule has 0 saturated carbocycles. The Morgan fingerprint density at radius 3 is 3.05 bits per heavy atom. The lowest BCUT2D eigenvalue weighted by molar-refractivity contribution is 0.226. The van der Waals surface area contributed by atoms with E-state index in [1.54, 1.807) is 12.1 Å². The molecule has 3 nitrogen and oxygen atoms in total. The van der Waals surface area contributed by atoms with Crippen LogP contribution in [0.15, 0.2) is 24.3 Å². The number of rotatable bonds is 5. The summed E-state index contributed by atoms with van der Waals surface area (Å²) in [6.07, 6.45) is 1.03. The predicted molar refractivity (Wildman–Crippen MR) is 84.2 cm³/mol. The maximum Gasteiger partial charge on any atom is 0.120 e. The van der Waals surface area contributed by atoms with Gasteiger partial charge in [0.15, 0.2) is 0 Å². The van der Waals surface area contributed by atoms with Crippen LogP contribution in [0.5, 0.6) is 5.75 Å². The molecule has 4 heteroatoms. The summed E-state index contributed by atoms with van der Waals surface area (Å²) in [5.74, 6) is 2.01. The second kappa shape index (κ2) is 7.01. The Balaban J connectivity index is 1.70. The molecule has 0 atom stereocenters. The molecule has 0 amide bonds. The van der Waals surface area contributed by atoms with E-state index in [-0.39, 0.29) is 0 Å². The maximum atomic E-state index is 8.84. The van der Waals surface area contributed by atoms with Gasteiger partial charge in [0.1, 0.15) is 5.75 Å². The average molecular weight is 290 g/mol. The van der Waals surface area contributed by atoms with Crippen molar-refractivity contribution in [2.75, 3.05) is 32.0 Å². The van der Waals surface area contributed by atoms with Crippen molar-refractivity contribution in [2.45, 2.75) is 25.0 Å². The quantitative estimate of drug-likeness (QED) is 0.781. The predicted octanol–water partition coefficient (Wildman–Crippen LogP) is 3.15. The van der Waals surface area contributed by atoms with Crippen molar-refractivity contribution in [2.24, 2.45) is 0 Å². The molecule has 1 saturated heterocycles. The Hall–Kier alpha value is -1.18. The van der Waals surface area contributed by atoms with Gasteiger partial charge in [-0.15, -0.1) is 0 Å². The van der Waals surface area contributed by atoms with E-state index in [0.717, 1.165) is 25.3 Å². The van der Waals surface area contributed by atoms with Crippen molar-refractivity contribution in [3.05, 3.63) is 29.8 Å². The average Bonchev–Trinajstić information content (AvgIpc) is 2.43. The van der Waals surface area contributed by atoms with Gasteiger partial charge in [-0.1, -0.05) is 6.07 Å². The summed E-state index contributed by atoms with van der Waals surface area (Å²) >= 11 is 2.06. The van der Waals surface area contributed by atoms with Crippen LogP contribution in [-0.4, -0.2) is 41.6 Å². The van der Waals surface area contributed by atoms with E-state index < -0.39 is 0 Å². The SMILES string of the molecule is CC1(C)CN(CCCOc2cccc(C#N)c2)CCS1. The summed E-state index contributed by atoms with van der Waals surface area (Å²) in [7, 11) is 0. The minimum atomic E-state index is 0.375. The number of hydrogen-bond donors (Lipinski definition) is 0. The molecule has 0 unspecified atom stereocenters. The van der Waals surface area contributed by atoms with Crippen LogP contribution in [0.2, 0.25) is 0 Å². The second-order valence-electron chi connectivity index (χ2n) is 5.73. The fourth-order valence-corrected chi connectivity index (χ4v) is 3.61. The van der Waals surface area contributed by atoms with Gasteiger partial charge in [-0.2, -0.15) is 17.0 Å². The first-order valence-corrected chi connectivity index (χ1v) is 8.07. The van der Waals surface area contributed by atoms with E-state index in [9.17, 15) is 0 Å². The molecule has 1 aromatic rings. The van der Waals surface area contributed by atoms with Gasteiger partial charge >= 0.3 is 0 Å². The van der Waals surface area contributed by atoms with Crippen molar-refractivity contribution < 1.29 is 4.74 Å². The third-order valence-corrected chi connectivity index (χ3v) is 4.65. The lowest BCUT2D eigenvalue weighted by Crippen LogP contribution is -2.43. The third kappa shape index (κ3) is 4.73. The molecular weight excluding hydrogens is 268 g/mol. The highest BCUT2D eigenvalue weighted by Crippen LogP contribution is 2.29. The van der Waals surface area contributed by atoms with Crippen molar-refractivity contribution in [1.82, 2.24) is 4.90 Å². The topological polar surface area (TPSA) is 36.3 Å². The van der Waals surface area contributed by atoms with Crippen LogP contribution in [0.25, 0.3) is 0 Å². The van der Waals surface area contributed by atoms with Crippen LogP contribution in [0.1, 0.15) is 25.8 Å². The Kier molecular flexibility index (Phi) is 5.33.